The molecule has 0 radical (unpaired) electrons. The van der Waals surface area contributed by atoms with Crippen molar-refractivity contribution in [2.75, 3.05) is 38.7 Å². The fraction of sp³-hybridized carbons (Fsp3) is 0.286. The number of ether oxygens (including phenoxy) is 1. The van der Waals surface area contributed by atoms with E-state index in [0.717, 1.165) is 50.4 Å². The maximum atomic E-state index is 16.5. The lowest BCUT2D eigenvalue weighted by Gasteiger charge is -2.54. The SMILES string of the molecule is F[N+]12CC[N+](CCl)(CC1)CC2[C@H](Oc1cccc2ccccc12)c1cccc2ccccc12. The number of nitrogens with zero attached hydrogens (tertiary/aromatic N) is 2. The molecule has 3 aliphatic rings. The lowest BCUT2D eigenvalue weighted by atomic mass is 9.91. The molecule has 4 aromatic carbocycles. The quantitative estimate of drug-likeness (QED) is 0.148. The summed E-state index contributed by atoms with van der Waals surface area (Å²) in [5.41, 5.74) is 1.04. The molecule has 5 heteroatoms. The van der Waals surface area contributed by atoms with E-state index in [1.807, 2.05) is 36.4 Å². The van der Waals surface area contributed by atoms with E-state index in [1.165, 1.54) is 0 Å². The molecule has 0 amide bonds. The van der Waals surface area contributed by atoms with Gasteiger partial charge in [-0.15, -0.1) is 4.71 Å². The predicted octanol–water partition coefficient (Wildman–Crippen LogP) is 6.22. The number of piperazine rings is 3. The summed E-state index contributed by atoms with van der Waals surface area (Å²) in [6.45, 7) is 3.22. The van der Waals surface area contributed by atoms with Crippen LogP contribution in [0.3, 0.4) is 0 Å². The van der Waals surface area contributed by atoms with Crippen molar-refractivity contribution in [1.82, 2.24) is 0 Å². The maximum absolute atomic E-state index is 16.5. The summed E-state index contributed by atoms with van der Waals surface area (Å²) in [4.78, 5) is 0. The zero-order valence-corrected chi connectivity index (χ0v) is 19.3. The van der Waals surface area contributed by atoms with Gasteiger partial charge in [-0.25, -0.2) is 0 Å². The minimum Gasteiger partial charge on any atom is -0.478 e. The smallest absolute Gasteiger partial charge is 0.215 e. The molecule has 0 spiro atoms. The molecular formula is C28H28ClFN2O+2. The first-order chi connectivity index (χ1) is 16.1. The molecule has 1 unspecified atom stereocenters. The van der Waals surface area contributed by atoms with Crippen LogP contribution in [0.2, 0.25) is 0 Å². The number of fused-ring (bicyclic) bond motifs is 5. The molecule has 7 rings (SSSR count). The van der Waals surface area contributed by atoms with E-state index in [9.17, 15) is 0 Å². The summed E-state index contributed by atoms with van der Waals surface area (Å²) in [6, 6.07) is 29.1. The Balaban J connectivity index is 1.52. The van der Waals surface area contributed by atoms with Gasteiger partial charge in [0.15, 0.2) is 25.2 Å². The summed E-state index contributed by atoms with van der Waals surface area (Å²) in [5.74, 6) is 0.799. The molecule has 168 valence electrons. The number of alkyl halides is 1. The molecule has 0 aliphatic carbocycles. The normalized spacial score (nSPS) is 27.6. The van der Waals surface area contributed by atoms with Gasteiger partial charge in [0, 0.05) is 10.9 Å². The lowest BCUT2D eigenvalue weighted by molar-refractivity contribution is -1.16. The molecule has 3 fully saturated rings. The lowest BCUT2D eigenvalue weighted by Crippen LogP contribution is -2.77. The van der Waals surface area contributed by atoms with Crippen LogP contribution in [-0.2, 0) is 0 Å². The largest absolute Gasteiger partial charge is 0.478 e. The van der Waals surface area contributed by atoms with Gasteiger partial charge in [0.05, 0.1) is 0 Å². The topological polar surface area (TPSA) is 9.23 Å². The van der Waals surface area contributed by atoms with Crippen molar-refractivity contribution in [3.8, 4) is 5.75 Å². The zero-order chi connectivity index (χ0) is 22.5. The molecule has 0 N–H and O–H groups in total. The number of halogens is 2. The highest BCUT2D eigenvalue weighted by molar-refractivity contribution is 6.17. The van der Waals surface area contributed by atoms with Gasteiger partial charge >= 0.3 is 0 Å². The predicted molar refractivity (Wildman–Crippen MR) is 132 cm³/mol. The molecule has 3 nitrogen and oxygen atoms in total. The van der Waals surface area contributed by atoms with E-state index >= 15 is 4.48 Å². The van der Waals surface area contributed by atoms with Crippen LogP contribution in [0.1, 0.15) is 11.7 Å². The Labute approximate surface area is 198 Å². The number of rotatable bonds is 5. The molecule has 3 heterocycles. The summed E-state index contributed by atoms with van der Waals surface area (Å²) in [6.07, 6.45) is -0.423. The molecule has 0 aromatic heterocycles. The molecular weight excluding hydrogens is 435 g/mol. The molecule has 3 aliphatic heterocycles. The van der Waals surface area contributed by atoms with E-state index in [2.05, 4.69) is 48.5 Å². The van der Waals surface area contributed by atoms with Crippen LogP contribution in [-0.4, -0.2) is 54.0 Å². The Kier molecular flexibility index (Phi) is 5.06. The highest BCUT2D eigenvalue weighted by Crippen LogP contribution is 2.43. The highest BCUT2D eigenvalue weighted by Gasteiger charge is 2.61. The van der Waals surface area contributed by atoms with Crippen LogP contribution in [0.25, 0.3) is 21.5 Å². The van der Waals surface area contributed by atoms with Crippen molar-refractivity contribution in [1.29, 1.82) is 0 Å². The summed E-state index contributed by atoms with van der Waals surface area (Å²) >= 11 is 6.46. The third-order valence-electron chi connectivity index (χ3n) is 7.80. The van der Waals surface area contributed by atoms with Crippen molar-refractivity contribution < 1.29 is 18.4 Å². The van der Waals surface area contributed by atoms with Crippen molar-refractivity contribution in [2.24, 2.45) is 0 Å². The second-order valence-electron chi connectivity index (χ2n) is 9.62. The first kappa shape index (κ1) is 20.9. The van der Waals surface area contributed by atoms with Gasteiger partial charge in [0.1, 0.15) is 25.4 Å². The van der Waals surface area contributed by atoms with Gasteiger partial charge in [-0.05, 0) is 26.7 Å². The molecule has 33 heavy (non-hydrogen) atoms. The van der Waals surface area contributed by atoms with Crippen molar-refractivity contribution >= 4 is 33.1 Å². The summed E-state index contributed by atoms with van der Waals surface area (Å²) in [5, 5.41) is 4.43. The minimum absolute atomic E-state index is 0.323. The van der Waals surface area contributed by atoms with Gasteiger partial charge < -0.3 is 4.74 Å². The number of quaternary nitrogens is 2. The molecule has 3 saturated heterocycles. The third-order valence-corrected chi connectivity index (χ3v) is 8.30. The Morgan fingerprint density at radius 1 is 0.788 bits per heavy atom. The van der Waals surface area contributed by atoms with Crippen molar-refractivity contribution in [2.45, 2.75) is 12.1 Å². The average molecular weight is 463 g/mol. The Morgan fingerprint density at radius 3 is 2.12 bits per heavy atom. The minimum atomic E-state index is -0.449. The van der Waals surface area contributed by atoms with E-state index < -0.39 is 10.8 Å². The highest BCUT2D eigenvalue weighted by atomic mass is 35.5. The molecule has 2 bridgehead atoms. The summed E-state index contributed by atoms with van der Waals surface area (Å²) in [7, 11) is 0. The van der Waals surface area contributed by atoms with Crippen LogP contribution in [0.5, 0.6) is 5.75 Å². The van der Waals surface area contributed by atoms with E-state index in [1.54, 1.807) is 0 Å². The van der Waals surface area contributed by atoms with Crippen LogP contribution >= 0.6 is 11.6 Å². The van der Waals surface area contributed by atoms with Gasteiger partial charge in [0.25, 0.3) is 0 Å². The molecule has 4 aromatic rings. The summed E-state index contributed by atoms with van der Waals surface area (Å²) < 4.78 is 23.6. The third kappa shape index (κ3) is 3.48. The van der Waals surface area contributed by atoms with Crippen LogP contribution in [0.4, 0.5) is 4.48 Å². The van der Waals surface area contributed by atoms with Gasteiger partial charge in [-0.2, -0.15) is 0 Å². The second kappa shape index (κ2) is 7.98. The monoisotopic (exact) mass is 462 g/mol. The Bertz CT molecular complexity index is 1310. The molecule has 0 saturated carbocycles. The zero-order valence-electron chi connectivity index (χ0n) is 18.5. The van der Waals surface area contributed by atoms with Gasteiger partial charge in [-0.1, -0.05) is 90.5 Å². The van der Waals surface area contributed by atoms with Crippen molar-refractivity contribution in [3.63, 3.8) is 0 Å². The van der Waals surface area contributed by atoms with Crippen LogP contribution in [0, 0.1) is 0 Å². The van der Waals surface area contributed by atoms with Gasteiger partial charge in [-0.3, -0.25) is 4.48 Å². The fourth-order valence-electron chi connectivity index (χ4n) is 5.83. The van der Waals surface area contributed by atoms with Gasteiger partial charge in [0.2, 0.25) is 6.04 Å². The first-order valence-electron chi connectivity index (χ1n) is 11.7. The van der Waals surface area contributed by atoms with Crippen LogP contribution in [0.15, 0.2) is 84.9 Å². The molecule has 2 atom stereocenters. The Morgan fingerprint density at radius 2 is 1.39 bits per heavy atom. The number of benzene rings is 4. The van der Waals surface area contributed by atoms with E-state index in [4.69, 9.17) is 16.3 Å². The van der Waals surface area contributed by atoms with E-state index in [0.29, 0.717) is 25.6 Å². The number of hydrogen-bond donors (Lipinski definition) is 0. The Hall–Kier alpha value is -2.66. The average Bonchev–Trinajstić information content (AvgIpc) is 2.87. The van der Waals surface area contributed by atoms with E-state index in [-0.39, 0.29) is 6.04 Å². The maximum Gasteiger partial charge on any atom is 0.215 e. The number of hydrogen-bond acceptors (Lipinski definition) is 1. The van der Waals surface area contributed by atoms with Crippen molar-refractivity contribution in [3.05, 3.63) is 90.5 Å². The first-order valence-corrected chi connectivity index (χ1v) is 12.2. The fourth-order valence-corrected chi connectivity index (χ4v) is 6.16. The van der Waals surface area contributed by atoms with Crippen LogP contribution < -0.4 is 4.74 Å². The second-order valence-corrected chi connectivity index (χ2v) is 9.85. The standard InChI is InChI=1S/C28H28ClFN2O/c29-20-31-15-17-32(30,18-16-31)26(19-31)28(25-13-5-9-21-7-1-3-11-23(21)25)33-27-14-6-10-22-8-2-4-12-24(22)27/h1-14,26,28H,15-20H2/q+2/t26?,28-,31?,32?/m1/s1.